The van der Waals surface area contributed by atoms with Crippen molar-refractivity contribution in [2.24, 2.45) is 0 Å². The highest BCUT2D eigenvalue weighted by Gasteiger charge is 2.21. The van der Waals surface area contributed by atoms with Gasteiger partial charge in [0.15, 0.2) is 5.65 Å². The van der Waals surface area contributed by atoms with E-state index < -0.39 is 0 Å². The van der Waals surface area contributed by atoms with Crippen LogP contribution in [0.25, 0.3) is 28.2 Å². The molecule has 0 saturated carbocycles. The molecule has 4 aromatic rings. The summed E-state index contributed by atoms with van der Waals surface area (Å²) in [6.07, 6.45) is 2.45. The first kappa shape index (κ1) is 24.8. The average molecular weight is 603 g/mol. The number of imidazole rings is 1. The molecule has 0 atom stereocenters. The second-order valence-corrected chi connectivity index (χ2v) is 9.04. The quantitative estimate of drug-likeness (QED) is 0.207. The SMILES string of the molecule is Cl.O=C(NCCCO)c1cc(I)cn2c(-c3ccc(Cl)cc3)c(-c3ccc(Cl)cc3)nc12. The molecule has 2 aromatic heterocycles. The summed E-state index contributed by atoms with van der Waals surface area (Å²) in [7, 11) is 0. The smallest absolute Gasteiger partial charge is 0.255 e. The first-order valence-electron chi connectivity index (χ1n) is 9.60. The van der Waals surface area contributed by atoms with Crippen molar-refractivity contribution >= 4 is 69.8 Å². The van der Waals surface area contributed by atoms with E-state index in [0.717, 1.165) is 26.1 Å². The second-order valence-electron chi connectivity index (χ2n) is 6.92. The standard InChI is InChI=1S/C23H18Cl2IN3O2.ClH/c24-16-6-2-14(3-7-16)20-21(15-4-8-17(25)9-5-15)29-13-18(26)12-19(22(29)28-20)23(31)27-10-1-11-30;/h2-9,12-13,30H,1,10-11H2,(H,27,31);1H. The number of aliphatic hydroxyl groups is 1. The minimum Gasteiger partial charge on any atom is -0.396 e. The van der Waals surface area contributed by atoms with Gasteiger partial charge in [-0.1, -0.05) is 47.5 Å². The Hall–Kier alpha value is -1.84. The fourth-order valence-corrected chi connectivity index (χ4v) is 4.19. The van der Waals surface area contributed by atoms with Gasteiger partial charge in [0, 0.05) is 44.1 Å². The Kier molecular flexibility index (Phi) is 8.41. The van der Waals surface area contributed by atoms with Crippen LogP contribution in [-0.2, 0) is 0 Å². The number of nitrogens with one attached hydrogen (secondary N) is 1. The molecule has 166 valence electrons. The lowest BCUT2D eigenvalue weighted by atomic mass is 10.0. The van der Waals surface area contributed by atoms with Crippen LogP contribution in [-0.4, -0.2) is 33.6 Å². The normalized spacial score (nSPS) is 10.8. The van der Waals surface area contributed by atoms with Crippen LogP contribution in [0, 0.1) is 3.57 Å². The van der Waals surface area contributed by atoms with E-state index in [1.807, 2.05) is 65.2 Å². The molecule has 0 saturated heterocycles. The Labute approximate surface area is 215 Å². The fourth-order valence-electron chi connectivity index (χ4n) is 3.35. The lowest BCUT2D eigenvalue weighted by molar-refractivity contribution is 0.0952. The maximum absolute atomic E-state index is 12.9. The largest absolute Gasteiger partial charge is 0.396 e. The Balaban J connectivity index is 0.00000289. The van der Waals surface area contributed by atoms with Crippen LogP contribution < -0.4 is 5.32 Å². The number of carbonyl (C=O) groups is 1. The second kappa shape index (κ2) is 10.9. The summed E-state index contributed by atoms with van der Waals surface area (Å²) in [6, 6.07) is 16.8. The van der Waals surface area contributed by atoms with Gasteiger partial charge in [0.2, 0.25) is 0 Å². The molecule has 0 aliphatic rings. The molecule has 2 aromatic carbocycles. The number of hydrogen-bond donors (Lipinski definition) is 2. The number of halogens is 4. The monoisotopic (exact) mass is 601 g/mol. The number of amides is 1. The van der Waals surface area contributed by atoms with Crippen molar-refractivity contribution in [3.8, 4) is 22.5 Å². The Morgan fingerprint density at radius 2 is 1.62 bits per heavy atom. The molecule has 9 heteroatoms. The van der Waals surface area contributed by atoms with Gasteiger partial charge in [-0.05, 0) is 59.3 Å². The highest BCUT2D eigenvalue weighted by molar-refractivity contribution is 14.1. The first-order valence-corrected chi connectivity index (χ1v) is 11.4. The number of hydrogen-bond acceptors (Lipinski definition) is 3. The Morgan fingerprint density at radius 1 is 1.03 bits per heavy atom. The van der Waals surface area contributed by atoms with E-state index >= 15 is 0 Å². The van der Waals surface area contributed by atoms with Crippen LogP contribution in [0.15, 0.2) is 60.8 Å². The molecule has 2 heterocycles. The topological polar surface area (TPSA) is 66.6 Å². The Morgan fingerprint density at radius 3 is 2.22 bits per heavy atom. The lowest BCUT2D eigenvalue weighted by Crippen LogP contribution is -2.25. The van der Waals surface area contributed by atoms with Crippen LogP contribution in [0.1, 0.15) is 16.8 Å². The van der Waals surface area contributed by atoms with Crippen molar-refractivity contribution in [1.82, 2.24) is 14.7 Å². The van der Waals surface area contributed by atoms with Crippen molar-refractivity contribution in [1.29, 1.82) is 0 Å². The van der Waals surface area contributed by atoms with Crippen molar-refractivity contribution in [3.05, 3.63) is 80.0 Å². The van der Waals surface area contributed by atoms with Crippen LogP contribution in [0.4, 0.5) is 0 Å². The molecule has 32 heavy (non-hydrogen) atoms. The maximum Gasteiger partial charge on any atom is 0.255 e. The third-order valence-electron chi connectivity index (χ3n) is 4.79. The third-order valence-corrected chi connectivity index (χ3v) is 5.88. The number of nitrogens with zero attached hydrogens (tertiary/aromatic N) is 2. The fraction of sp³-hybridized carbons (Fsp3) is 0.130. The zero-order valence-corrected chi connectivity index (χ0v) is 21.2. The van der Waals surface area contributed by atoms with Gasteiger partial charge in [-0.3, -0.25) is 9.20 Å². The Bertz CT molecular complexity index is 1240. The predicted molar refractivity (Wildman–Crippen MR) is 140 cm³/mol. The van der Waals surface area contributed by atoms with Crippen LogP contribution >= 0.6 is 58.2 Å². The van der Waals surface area contributed by atoms with Gasteiger partial charge in [0.25, 0.3) is 5.91 Å². The van der Waals surface area contributed by atoms with Crippen molar-refractivity contribution < 1.29 is 9.90 Å². The summed E-state index contributed by atoms with van der Waals surface area (Å²) in [6.45, 7) is 0.411. The first-order chi connectivity index (χ1) is 15.0. The molecule has 5 nitrogen and oxygen atoms in total. The van der Waals surface area contributed by atoms with E-state index in [2.05, 4.69) is 27.9 Å². The maximum atomic E-state index is 12.9. The van der Waals surface area contributed by atoms with Gasteiger partial charge in [0.1, 0.15) is 0 Å². The zero-order valence-electron chi connectivity index (χ0n) is 16.7. The third kappa shape index (κ3) is 5.21. The highest BCUT2D eigenvalue weighted by atomic mass is 127. The number of rotatable bonds is 6. The average Bonchev–Trinajstić information content (AvgIpc) is 3.13. The molecule has 0 radical (unpaired) electrons. The van der Waals surface area contributed by atoms with Gasteiger partial charge < -0.3 is 10.4 Å². The van der Waals surface area contributed by atoms with Gasteiger partial charge in [-0.2, -0.15) is 0 Å². The van der Waals surface area contributed by atoms with Gasteiger partial charge in [0.05, 0.1) is 17.0 Å². The van der Waals surface area contributed by atoms with Crippen LogP contribution in [0.3, 0.4) is 0 Å². The van der Waals surface area contributed by atoms with E-state index in [9.17, 15) is 4.79 Å². The number of pyridine rings is 1. The molecule has 1 amide bonds. The molecule has 0 unspecified atom stereocenters. The number of benzene rings is 2. The molecule has 2 N–H and O–H groups in total. The van der Waals surface area contributed by atoms with E-state index in [-0.39, 0.29) is 24.9 Å². The summed E-state index contributed by atoms with van der Waals surface area (Å²) >= 11 is 14.4. The molecule has 0 aliphatic carbocycles. The van der Waals surface area contributed by atoms with Gasteiger partial charge in [-0.25, -0.2) is 4.98 Å². The lowest BCUT2D eigenvalue weighted by Gasteiger charge is -2.09. The molecule has 4 rings (SSSR count). The van der Waals surface area contributed by atoms with E-state index in [0.29, 0.717) is 34.2 Å². The summed E-state index contributed by atoms with van der Waals surface area (Å²) in [4.78, 5) is 17.8. The van der Waals surface area contributed by atoms with Gasteiger partial charge >= 0.3 is 0 Å². The van der Waals surface area contributed by atoms with Gasteiger partial charge in [-0.15, -0.1) is 12.4 Å². The van der Waals surface area contributed by atoms with Crippen LogP contribution in [0.2, 0.25) is 10.0 Å². The summed E-state index contributed by atoms with van der Waals surface area (Å²) in [5, 5.41) is 13.1. The number of fused-ring (bicyclic) bond motifs is 1. The molecular weight excluding hydrogens is 584 g/mol. The molecule has 0 fully saturated rings. The number of aliphatic hydroxyl groups excluding tert-OH is 1. The number of aromatic nitrogens is 2. The molecule has 0 bridgehead atoms. The summed E-state index contributed by atoms with van der Waals surface area (Å²) < 4.78 is 2.84. The predicted octanol–water partition coefficient (Wildman–Crippen LogP) is 6.11. The molecular formula is C23H19Cl3IN3O2. The van der Waals surface area contributed by atoms with Crippen molar-refractivity contribution in [3.63, 3.8) is 0 Å². The van der Waals surface area contributed by atoms with Crippen molar-refractivity contribution in [2.75, 3.05) is 13.2 Å². The van der Waals surface area contributed by atoms with Crippen LogP contribution in [0.5, 0.6) is 0 Å². The molecule has 0 spiro atoms. The minimum atomic E-state index is -0.229. The molecule has 0 aliphatic heterocycles. The van der Waals surface area contributed by atoms with Crippen molar-refractivity contribution in [2.45, 2.75) is 6.42 Å². The number of carbonyl (C=O) groups excluding carboxylic acids is 1. The summed E-state index contributed by atoms with van der Waals surface area (Å²) in [5.74, 6) is -0.229. The highest BCUT2D eigenvalue weighted by Crippen LogP contribution is 2.35. The zero-order chi connectivity index (χ0) is 22.0. The van der Waals surface area contributed by atoms with E-state index in [1.54, 1.807) is 0 Å². The summed E-state index contributed by atoms with van der Waals surface area (Å²) in [5.41, 5.74) is 4.44. The van der Waals surface area contributed by atoms with E-state index in [4.69, 9.17) is 33.3 Å². The minimum absolute atomic E-state index is 0. The van der Waals surface area contributed by atoms with E-state index in [1.165, 1.54) is 0 Å².